The molecule has 0 spiro atoms. The summed E-state index contributed by atoms with van der Waals surface area (Å²) in [4.78, 5) is 15.3. The number of hydrogen-bond donors (Lipinski definition) is 2. The molecule has 14 heavy (non-hydrogen) atoms. The van der Waals surface area contributed by atoms with Crippen molar-refractivity contribution in [3.05, 3.63) is 18.2 Å². The molecule has 0 bridgehead atoms. The van der Waals surface area contributed by atoms with Crippen molar-refractivity contribution in [2.45, 2.75) is 26.0 Å². The van der Waals surface area contributed by atoms with Gasteiger partial charge < -0.3 is 15.0 Å². The maximum absolute atomic E-state index is 11.3. The fourth-order valence-corrected chi connectivity index (χ4v) is 0.942. The largest absolute Gasteiger partial charge is 0.381 e. The van der Waals surface area contributed by atoms with Crippen LogP contribution in [0.3, 0.4) is 0 Å². The van der Waals surface area contributed by atoms with Gasteiger partial charge in [-0.15, -0.1) is 0 Å². The quantitative estimate of drug-likeness (QED) is 0.705. The van der Waals surface area contributed by atoms with Crippen molar-refractivity contribution < 1.29 is 9.90 Å². The zero-order chi connectivity index (χ0) is 10.8. The van der Waals surface area contributed by atoms with E-state index < -0.39 is 11.5 Å². The van der Waals surface area contributed by atoms with E-state index in [9.17, 15) is 9.90 Å². The molecule has 5 nitrogen and oxygen atoms in total. The van der Waals surface area contributed by atoms with E-state index in [-0.39, 0.29) is 0 Å². The minimum atomic E-state index is -1.34. The lowest BCUT2D eigenvalue weighted by Crippen LogP contribution is -2.41. The fourth-order valence-electron chi connectivity index (χ4n) is 0.942. The Morgan fingerprint density at radius 2 is 2.36 bits per heavy atom. The number of nitrogens with one attached hydrogen (secondary N) is 1. The molecular formula is C9H15N3O2. The predicted octanol–water partition coefficient (Wildman–Crippen LogP) is -0.193. The van der Waals surface area contributed by atoms with Crippen LogP contribution in [-0.2, 0) is 18.4 Å². The van der Waals surface area contributed by atoms with Gasteiger partial charge in [-0.05, 0) is 13.8 Å². The fraction of sp³-hybridized carbons (Fsp3) is 0.556. The van der Waals surface area contributed by atoms with E-state index in [1.807, 2.05) is 11.6 Å². The first kappa shape index (κ1) is 10.7. The molecule has 0 aliphatic rings. The summed E-state index contributed by atoms with van der Waals surface area (Å²) in [6.07, 6.45) is 3.46. The molecule has 1 heterocycles. The number of amides is 1. The molecule has 1 rings (SSSR count). The number of aromatic nitrogens is 2. The highest BCUT2D eigenvalue weighted by atomic mass is 16.3. The number of hydrogen-bond acceptors (Lipinski definition) is 3. The number of carbonyl (C=O) groups excluding carboxylic acids is 1. The van der Waals surface area contributed by atoms with Gasteiger partial charge in [0.2, 0.25) is 0 Å². The molecule has 0 unspecified atom stereocenters. The Morgan fingerprint density at radius 3 is 2.79 bits per heavy atom. The zero-order valence-corrected chi connectivity index (χ0v) is 8.61. The lowest BCUT2D eigenvalue weighted by Gasteiger charge is -2.16. The molecule has 0 aliphatic carbocycles. The normalized spacial score (nSPS) is 11.4. The number of aliphatic hydroxyl groups is 1. The van der Waals surface area contributed by atoms with Crippen molar-refractivity contribution in [3.8, 4) is 0 Å². The van der Waals surface area contributed by atoms with Gasteiger partial charge in [0.15, 0.2) is 0 Å². The minimum absolute atomic E-state index is 0.326. The van der Waals surface area contributed by atoms with E-state index in [2.05, 4.69) is 10.3 Å². The Bertz CT molecular complexity index is 325. The van der Waals surface area contributed by atoms with Crippen LogP contribution in [0.1, 0.15) is 19.7 Å². The predicted molar refractivity (Wildman–Crippen MR) is 51.4 cm³/mol. The highest BCUT2D eigenvalue weighted by molar-refractivity contribution is 5.83. The molecule has 2 N–H and O–H groups in total. The van der Waals surface area contributed by atoms with Crippen molar-refractivity contribution in [2.24, 2.45) is 7.05 Å². The van der Waals surface area contributed by atoms with Gasteiger partial charge in [0.25, 0.3) is 5.91 Å². The van der Waals surface area contributed by atoms with E-state index in [1.165, 1.54) is 13.8 Å². The highest BCUT2D eigenvalue weighted by Crippen LogP contribution is 2.01. The van der Waals surface area contributed by atoms with Gasteiger partial charge in [0.1, 0.15) is 11.4 Å². The van der Waals surface area contributed by atoms with Crippen LogP contribution in [0.5, 0.6) is 0 Å². The molecular weight excluding hydrogens is 182 g/mol. The van der Waals surface area contributed by atoms with Crippen LogP contribution in [0.15, 0.2) is 12.4 Å². The Hall–Kier alpha value is -1.36. The number of nitrogens with zero attached hydrogens (tertiary/aromatic N) is 2. The summed E-state index contributed by atoms with van der Waals surface area (Å²) in [6, 6.07) is 0. The van der Waals surface area contributed by atoms with Crippen LogP contribution in [-0.4, -0.2) is 26.2 Å². The Labute approximate surface area is 82.8 Å². The topological polar surface area (TPSA) is 67.2 Å². The van der Waals surface area contributed by atoms with Crippen molar-refractivity contribution >= 4 is 5.91 Å². The summed E-state index contributed by atoms with van der Waals surface area (Å²) < 4.78 is 1.81. The monoisotopic (exact) mass is 197 g/mol. The van der Waals surface area contributed by atoms with E-state index in [0.29, 0.717) is 6.54 Å². The molecule has 1 aromatic rings. The van der Waals surface area contributed by atoms with Gasteiger partial charge in [-0.25, -0.2) is 4.98 Å². The van der Waals surface area contributed by atoms with Gasteiger partial charge in [0, 0.05) is 19.4 Å². The number of imidazole rings is 1. The Balaban J connectivity index is 2.50. The van der Waals surface area contributed by atoms with Crippen molar-refractivity contribution in [2.75, 3.05) is 0 Å². The van der Waals surface area contributed by atoms with E-state index in [4.69, 9.17) is 0 Å². The summed E-state index contributed by atoms with van der Waals surface area (Å²) in [6.45, 7) is 3.22. The first-order valence-electron chi connectivity index (χ1n) is 4.38. The molecule has 0 aromatic carbocycles. The second-order valence-electron chi connectivity index (χ2n) is 3.70. The first-order chi connectivity index (χ1) is 6.41. The third kappa shape index (κ3) is 2.56. The van der Waals surface area contributed by atoms with Crippen LogP contribution < -0.4 is 5.32 Å². The van der Waals surface area contributed by atoms with Crippen LogP contribution in [0.25, 0.3) is 0 Å². The number of carbonyl (C=O) groups is 1. The maximum atomic E-state index is 11.3. The molecule has 78 valence electrons. The van der Waals surface area contributed by atoms with Crippen LogP contribution >= 0.6 is 0 Å². The molecule has 1 amide bonds. The average Bonchev–Trinajstić information content (AvgIpc) is 2.45. The Morgan fingerprint density at radius 1 is 1.71 bits per heavy atom. The zero-order valence-electron chi connectivity index (χ0n) is 8.61. The second-order valence-corrected chi connectivity index (χ2v) is 3.70. The van der Waals surface area contributed by atoms with Gasteiger partial charge in [-0.3, -0.25) is 4.79 Å². The standard InChI is InChI=1S/C9H15N3O2/c1-9(2,14)8(13)11-6-7-10-4-5-12(7)3/h4-5,14H,6H2,1-3H3,(H,11,13). The van der Waals surface area contributed by atoms with Crippen molar-refractivity contribution in [1.29, 1.82) is 0 Å². The molecule has 0 aliphatic heterocycles. The number of rotatable bonds is 3. The summed E-state index contributed by atoms with van der Waals surface area (Å²) >= 11 is 0. The van der Waals surface area contributed by atoms with Crippen molar-refractivity contribution in [3.63, 3.8) is 0 Å². The number of aryl methyl sites for hydroxylation is 1. The van der Waals surface area contributed by atoms with Crippen LogP contribution in [0.4, 0.5) is 0 Å². The SMILES string of the molecule is Cn1ccnc1CNC(=O)C(C)(C)O. The molecule has 0 radical (unpaired) electrons. The van der Waals surface area contributed by atoms with Crippen molar-refractivity contribution in [1.82, 2.24) is 14.9 Å². The van der Waals surface area contributed by atoms with E-state index in [1.54, 1.807) is 12.4 Å². The van der Waals surface area contributed by atoms with Gasteiger partial charge in [-0.1, -0.05) is 0 Å². The molecule has 0 saturated carbocycles. The first-order valence-corrected chi connectivity index (χ1v) is 4.38. The summed E-state index contributed by atoms with van der Waals surface area (Å²) in [5.74, 6) is 0.350. The van der Waals surface area contributed by atoms with Gasteiger partial charge in [-0.2, -0.15) is 0 Å². The average molecular weight is 197 g/mol. The molecule has 1 aromatic heterocycles. The van der Waals surface area contributed by atoms with Gasteiger partial charge >= 0.3 is 0 Å². The molecule has 5 heteroatoms. The van der Waals surface area contributed by atoms with E-state index in [0.717, 1.165) is 5.82 Å². The lowest BCUT2D eigenvalue weighted by molar-refractivity contribution is -0.136. The molecule has 0 atom stereocenters. The summed E-state index contributed by atoms with van der Waals surface area (Å²) in [5, 5.41) is 11.9. The highest BCUT2D eigenvalue weighted by Gasteiger charge is 2.23. The lowest BCUT2D eigenvalue weighted by atomic mass is 10.1. The van der Waals surface area contributed by atoms with Gasteiger partial charge in [0.05, 0.1) is 6.54 Å². The minimum Gasteiger partial charge on any atom is -0.381 e. The summed E-state index contributed by atoms with van der Waals surface area (Å²) in [7, 11) is 1.85. The third-order valence-electron chi connectivity index (χ3n) is 1.88. The smallest absolute Gasteiger partial charge is 0.251 e. The maximum Gasteiger partial charge on any atom is 0.251 e. The van der Waals surface area contributed by atoms with E-state index >= 15 is 0 Å². The molecule has 0 fully saturated rings. The third-order valence-corrected chi connectivity index (χ3v) is 1.88. The molecule has 0 saturated heterocycles. The Kier molecular flexibility index (Phi) is 2.90. The summed E-state index contributed by atoms with van der Waals surface area (Å²) in [5.41, 5.74) is -1.34. The van der Waals surface area contributed by atoms with Crippen LogP contribution in [0, 0.1) is 0 Å². The second kappa shape index (κ2) is 3.79. The van der Waals surface area contributed by atoms with Crippen LogP contribution in [0.2, 0.25) is 0 Å².